The van der Waals surface area contributed by atoms with E-state index in [1.807, 2.05) is 0 Å². The molecule has 2 heterocycles. The van der Waals surface area contributed by atoms with Gasteiger partial charge in [0.05, 0.1) is 6.54 Å². The second kappa shape index (κ2) is 5.79. The van der Waals surface area contributed by atoms with Crippen molar-refractivity contribution in [1.29, 1.82) is 0 Å². The fraction of sp³-hybridized carbons (Fsp3) is 0.714. The highest BCUT2D eigenvalue weighted by molar-refractivity contribution is 5.47. The van der Waals surface area contributed by atoms with E-state index in [0.717, 1.165) is 37.2 Å². The van der Waals surface area contributed by atoms with Crippen LogP contribution >= 0.6 is 0 Å². The second-order valence-electron chi connectivity index (χ2n) is 5.89. The lowest BCUT2D eigenvalue weighted by Gasteiger charge is -2.18. The van der Waals surface area contributed by atoms with Crippen LogP contribution in [0.15, 0.2) is 6.33 Å². The fourth-order valence-corrected chi connectivity index (χ4v) is 3.23. The summed E-state index contributed by atoms with van der Waals surface area (Å²) in [6, 6.07) is 0. The fourth-order valence-electron chi connectivity index (χ4n) is 3.23. The van der Waals surface area contributed by atoms with E-state index >= 15 is 0 Å². The maximum atomic E-state index is 12.4. The molecular formula is C14H19F3N4. The van der Waals surface area contributed by atoms with Crippen molar-refractivity contribution in [3.05, 3.63) is 17.6 Å². The topological polar surface area (TPSA) is 41.0 Å². The van der Waals surface area contributed by atoms with E-state index in [4.69, 9.17) is 0 Å². The Bertz CT molecular complexity index is 503. The third-order valence-electron chi connectivity index (χ3n) is 4.21. The molecule has 1 saturated heterocycles. The largest absolute Gasteiger partial charge is 0.401 e. The predicted molar refractivity (Wildman–Crippen MR) is 73.1 cm³/mol. The van der Waals surface area contributed by atoms with Gasteiger partial charge in [-0.15, -0.1) is 0 Å². The van der Waals surface area contributed by atoms with Crippen molar-refractivity contribution < 1.29 is 13.2 Å². The van der Waals surface area contributed by atoms with Crippen LogP contribution in [0.3, 0.4) is 0 Å². The van der Waals surface area contributed by atoms with Gasteiger partial charge in [-0.2, -0.15) is 13.2 Å². The van der Waals surface area contributed by atoms with Crippen molar-refractivity contribution >= 4 is 5.82 Å². The standard InChI is InChI=1S/C14H19F3N4/c15-14(16,17)8-21-5-4-10(7-21)6-18-13-11-2-1-3-12(11)19-9-20-13/h9-10H,1-8H2,(H,18,19,20). The molecule has 1 aliphatic heterocycles. The Hall–Kier alpha value is -1.37. The number of fused-ring (bicyclic) bond motifs is 1. The third kappa shape index (κ3) is 3.64. The van der Waals surface area contributed by atoms with Gasteiger partial charge in [-0.1, -0.05) is 0 Å². The van der Waals surface area contributed by atoms with Crippen molar-refractivity contribution in [1.82, 2.24) is 14.9 Å². The monoisotopic (exact) mass is 300 g/mol. The molecule has 1 atom stereocenters. The lowest BCUT2D eigenvalue weighted by atomic mass is 10.1. The predicted octanol–water partition coefficient (Wildman–Crippen LogP) is 2.26. The Kier molecular flexibility index (Phi) is 4.01. The summed E-state index contributed by atoms with van der Waals surface area (Å²) in [5, 5.41) is 3.31. The minimum Gasteiger partial charge on any atom is -0.369 e. The zero-order valence-corrected chi connectivity index (χ0v) is 11.8. The quantitative estimate of drug-likeness (QED) is 0.926. The average Bonchev–Trinajstić information content (AvgIpc) is 3.03. The summed E-state index contributed by atoms with van der Waals surface area (Å²) in [6.07, 6.45) is 1.35. The van der Waals surface area contributed by atoms with Crippen LogP contribution in [-0.2, 0) is 12.8 Å². The van der Waals surface area contributed by atoms with Gasteiger partial charge in [-0.3, -0.25) is 4.90 Å². The molecule has 1 aromatic rings. The van der Waals surface area contributed by atoms with Crippen LogP contribution in [-0.4, -0.2) is 47.2 Å². The van der Waals surface area contributed by atoms with Gasteiger partial charge in [0.1, 0.15) is 12.1 Å². The van der Waals surface area contributed by atoms with Crippen molar-refractivity contribution in [2.75, 3.05) is 31.5 Å². The summed E-state index contributed by atoms with van der Waals surface area (Å²) in [5.41, 5.74) is 2.29. The molecule has 0 amide bonds. The number of hydrogen-bond acceptors (Lipinski definition) is 4. The van der Waals surface area contributed by atoms with Crippen LogP contribution in [0, 0.1) is 5.92 Å². The van der Waals surface area contributed by atoms with Gasteiger partial charge >= 0.3 is 6.18 Å². The van der Waals surface area contributed by atoms with E-state index in [-0.39, 0.29) is 5.92 Å². The highest BCUT2D eigenvalue weighted by Gasteiger charge is 2.34. The molecule has 2 aliphatic rings. The maximum Gasteiger partial charge on any atom is 0.401 e. The van der Waals surface area contributed by atoms with Gasteiger partial charge in [-0.05, 0) is 38.1 Å². The number of rotatable bonds is 4. The van der Waals surface area contributed by atoms with Crippen LogP contribution in [0.1, 0.15) is 24.1 Å². The van der Waals surface area contributed by atoms with Gasteiger partial charge in [0.25, 0.3) is 0 Å². The normalized spacial score (nSPS) is 22.5. The molecule has 1 unspecified atom stereocenters. The summed E-state index contributed by atoms with van der Waals surface area (Å²) < 4.78 is 37.1. The number of aryl methyl sites for hydroxylation is 1. The van der Waals surface area contributed by atoms with Crippen LogP contribution in [0.2, 0.25) is 0 Å². The Morgan fingerprint density at radius 2 is 2.14 bits per heavy atom. The summed E-state index contributed by atoms with van der Waals surface area (Å²) in [4.78, 5) is 10.0. The van der Waals surface area contributed by atoms with E-state index in [9.17, 15) is 13.2 Å². The van der Waals surface area contributed by atoms with Gasteiger partial charge < -0.3 is 5.32 Å². The number of nitrogens with one attached hydrogen (secondary N) is 1. The van der Waals surface area contributed by atoms with Crippen molar-refractivity contribution in [2.24, 2.45) is 5.92 Å². The Morgan fingerprint density at radius 3 is 2.95 bits per heavy atom. The number of alkyl halides is 3. The minimum atomic E-state index is -4.10. The van der Waals surface area contributed by atoms with Crippen LogP contribution in [0.5, 0.6) is 0 Å². The van der Waals surface area contributed by atoms with Crippen molar-refractivity contribution in [2.45, 2.75) is 31.9 Å². The first kappa shape index (κ1) is 14.6. The molecule has 0 bridgehead atoms. The molecule has 0 aromatic carbocycles. The number of halogens is 3. The Labute approximate surface area is 121 Å². The average molecular weight is 300 g/mol. The number of anilines is 1. The summed E-state index contributed by atoms with van der Waals surface area (Å²) in [7, 11) is 0. The van der Waals surface area contributed by atoms with Gasteiger partial charge in [0.2, 0.25) is 0 Å². The van der Waals surface area contributed by atoms with Crippen molar-refractivity contribution in [3.63, 3.8) is 0 Å². The SMILES string of the molecule is FC(F)(F)CN1CCC(CNc2ncnc3c2CCC3)C1. The summed E-state index contributed by atoms with van der Waals surface area (Å²) >= 11 is 0. The molecule has 21 heavy (non-hydrogen) atoms. The molecule has 3 rings (SSSR count). The van der Waals surface area contributed by atoms with E-state index in [0.29, 0.717) is 19.6 Å². The first-order valence-electron chi connectivity index (χ1n) is 7.37. The molecule has 1 fully saturated rings. The molecule has 4 nitrogen and oxygen atoms in total. The zero-order chi connectivity index (χ0) is 14.9. The molecule has 1 N–H and O–H groups in total. The first-order chi connectivity index (χ1) is 10.0. The molecular weight excluding hydrogens is 281 g/mol. The highest BCUT2D eigenvalue weighted by Crippen LogP contribution is 2.26. The van der Waals surface area contributed by atoms with Crippen molar-refractivity contribution in [3.8, 4) is 0 Å². The Balaban J connectivity index is 1.52. The molecule has 1 aliphatic carbocycles. The Morgan fingerprint density at radius 1 is 1.29 bits per heavy atom. The molecule has 0 saturated carbocycles. The zero-order valence-electron chi connectivity index (χ0n) is 11.8. The lowest BCUT2D eigenvalue weighted by Crippen LogP contribution is -2.33. The van der Waals surface area contributed by atoms with E-state index < -0.39 is 12.7 Å². The van der Waals surface area contributed by atoms with Crippen LogP contribution in [0.25, 0.3) is 0 Å². The van der Waals surface area contributed by atoms with Gasteiger partial charge in [0, 0.05) is 24.3 Å². The second-order valence-corrected chi connectivity index (χ2v) is 5.89. The molecule has 0 spiro atoms. The smallest absolute Gasteiger partial charge is 0.369 e. The van der Waals surface area contributed by atoms with Crippen LogP contribution < -0.4 is 5.32 Å². The first-order valence-corrected chi connectivity index (χ1v) is 7.37. The summed E-state index contributed by atoms with van der Waals surface area (Å²) in [6.45, 7) is 0.901. The van der Waals surface area contributed by atoms with Gasteiger partial charge in [0.15, 0.2) is 0 Å². The number of hydrogen-bond donors (Lipinski definition) is 1. The van der Waals surface area contributed by atoms with Gasteiger partial charge in [-0.25, -0.2) is 9.97 Å². The lowest BCUT2D eigenvalue weighted by molar-refractivity contribution is -0.143. The molecule has 1 aromatic heterocycles. The van der Waals surface area contributed by atoms with Crippen LogP contribution in [0.4, 0.5) is 19.0 Å². The molecule has 7 heteroatoms. The molecule has 0 radical (unpaired) electrons. The van der Waals surface area contributed by atoms with E-state index in [1.54, 1.807) is 6.33 Å². The number of likely N-dealkylation sites (tertiary alicyclic amines) is 1. The number of aromatic nitrogens is 2. The molecule has 116 valence electrons. The maximum absolute atomic E-state index is 12.4. The van der Waals surface area contributed by atoms with E-state index in [1.165, 1.54) is 10.5 Å². The number of nitrogens with zero attached hydrogens (tertiary/aromatic N) is 3. The third-order valence-corrected chi connectivity index (χ3v) is 4.21. The minimum absolute atomic E-state index is 0.249. The van der Waals surface area contributed by atoms with E-state index in [2.05, 4.69) is 15.3 Å². The summed E-state index contributed by atoms with van der Waals surface area (Å²) in [5.74, 6) is 1.12. The highest BCUT2D eigenvalue weighted by atomic mass is 19.4.